The summed E-state index contributed by atoms with van der Waals surface area (Å²) in [5, 5.41) is 3.11. The zero-order valence-electron chi connectivity index (χ0n) is 21.5. The maximum atomic E-state index is 13.2. The lowest BCUT2D eigenvalue weighted by Gasteiger charge is -2.39. The van der Waals surface area contributed by atoms with Crippen LogP contribution in [-0.4, -0.2) is 53.6 Å². The quantitative estimate of drug-likeness (QED) is 0.561. The number of aryl methyl sites for hydroxylation is 2. The lowest BCUT2D eigenvalue weighted by molar-refractivity contribution is -0.124. The molecule has 0 radical (unpaired) electrons. The van der Waals surface area contributed by atoms with E-state index in [0.29, 0.717) is 55.4 Å². The average Bonchev–Trinajstić information content (AvgIpc) is 2.92. The van der Waals surface area contributed by atoms with Gasteiger partial charge in [-0.15, -0.1) is 0 Å². The molecule has 1 fully saturated rings. The first kappa shape index (κ1) is 25.5. The summed E-state index contributed by atoms with van der Waals surface area (Å²) in [6, 6.07) is 15.9. The van der Waals surface area contributed by atoms with E-state index in [-0.39, 0.29) is 35.9 Å². The largest absolute Gasteiger partial charge is 0.493 e. The molecule has 2 aliphatic heterocycles. The van der Waals surface area contributed by atoms with Gasteiger partial charge in [-0.25, -0.2) is 0 Å². The second-order valence-electron chi connectivity index (χ2n) is 9.66. The van der Waals surface area contributed by atoms with Gasteiger partial charge in [-0.2, -0.15) is 0 Å². The van der Waals surface area contributed by atoms with Gasteiger partial charge in [-0.05, 0) is 54.3 Å². The summed E-state index contributed by atoms with van der Waals surface area (Å²) in [7, 11) is 3.21. The molecule has 38 heavy (non-hydrogen) atoms. The Morgan fingerprint density at radius 3 is 2.74 bits per heavy atom. The minimum atomic E-state index is -0.372. The number of hydrogen-bond acceptors (Lipinski definition) is 6. The molecule has 0 unspecified atom stereocenters. The molecule has 5 rings (SSSR count). The highest BCUT2D eigenvalue weighted by atomic mass is 16.5. The molecular formula is C29H31N3O6. The third kappa shape index (κ3) is 5.73. The van der Waals surface area contributed by atoms with Crippen LogP contribution in [0.5, 0.6) is 17.2 Å². The Labute approximate surface area is 220 Å². The number of carbonyl (C=O) groups excluding carboxylic acids is 2. The maximum Gasteiger partial charge on any atom is 0.255 e. The number of pyridine rings is 1. The Kier molecular flexibility index (Phi) is 7.46. The molecule has 0 saturated carbocycles. The number of amides is 2. The molecule has 0 spiro atoms. The van der Waals surface area contributed by atoms with Crippen LogP contribution in [0.1, 0.15) is 34.3 Å². The highest BCUT2D eigenvalue weighted by molar-refractivity contribution is 5.94. The molecule has 9 heteroatoms. The van der Waals surface area contributed by atoms with Gasteiger partial charge in [0, 0.05) is 38.8 Å². The number of aromatic nitrogens is 1. The Bertz CT molecular complexity index is 1400. The van der Waals surface area contributed by atoms with Gasteiger partial charge in [-0.3, -0.25) is 14.4 Å². The Morgan fingerprint density at radius 1 is 1.05 bits per heavy atom. The van der Waals surface area contributed by atoms with Crippen molar-refractivity contribution in [1.29, 1.82) is 0 Å². The number of nitrogens with zero attached hydrogens (tertiary/aromatic N) is 2. The number of ether oxygens (including phenoxy) is 3. The van der Waals surface area contributed by atoms with Gasteiger partial charge in [0.1, 0.15) is 5.75 Å². The molecular weight excluding hydrogens is 486 g/mol. The van der Waals surface area contributed by atoms with Crippen molar-refractivity contribution in [2.45, 2.75) is 38.0 Å². The van der Waals surface area contributed by atoms with Crippen LogP contribution in [0.15, 0.2) is 65.6 Å². The van der Waals surface area contributed by atoms with Crippen molar-refractivity contribution in [3.63, 3.8) is 0 Å². The standard InChI is InChI=1S/C29H31N3O6/c1-31-16-21(8-11-28(31)34)29(35)32-13-12-24-23(17-32)30-27(33)10-7-19-6-9-25(36-2)26(15-19)38-22-5-3-4-20(14-22)18-37-24/h3-6,8-9,11,14-16,23-24H,7,10,12-13,17-18H2,1-2H3,(H,30,33)/t23-,24+/m1/s1. The SMILES string of the molecule is COc1ccc2cc1Oc1cccc(c1)CO[C@H]1CCN(C(=O)c3ccc(=O)n(C)c3)C[C@H]1NC(=O)CC2. The number of benzene rings is 2. The van der Waals surface area contributed by atoms with Gasteiger partial charge < -0.3 is 29.0 Å². The van der Waals surface area contributed by atoms with Crippen molar-refractivity contribution in [2.24, 2.45) is 7.05 Å². The van der Waals surface area contributed by atoms with E-state index >= 15 is 0 Å². The summed E-state index contributed by atoms with van der Waals surface area (Å²) in [4.78, 5) is 39.7. The third-order valence-corrected chi connectivity index (χ3v) is 6.97. The number of nitrogens with one attached hydrogen (secondary N) is 1. The molecule has 1 N–H and O–H groups in total. The van der Waals surface area contributed by atoms with Gasteiger partial charge in [0.15, 0.2) is 11.5 Å². The topological polar surface area (TPSA) is 99.1 Å². The molecule has 0 aliphatic carbocycles. The summed E-state index contributed by atoms with van der Waals surface area (Å²) in [5.41, 5.74) is 2.13. The van der Waals surface area contributed by atoms with Gasteiger partial charge >= 0.3 is 0 Å². The molecule has 1 aromatic heterocycles. The van der Waals surface area contributed by atoms with Gasteiger partial charge in [-0.1, -0.05) is 18.2 Å². The second-order valence-corrected chi connectivity index (χ2v) is 9.66. The molecule has 2 aromatic carbocycles. The molecule has 9 nitrogen and oxygen atoms in total. The molecule has 3 heterocycles. The lowest BCUT2D eigenvalue weighted by Crippen LogP contribution is -2.57. The van der Waals surface area contributed by atoms with Crippen molar-refractivity contribution < 1.29 is 23.8 Å². The minimum Gasteiger partial charge on any atom is -0.493 e. The highest BCUT2D eigenvalue weighted by Crippen LogP contribution is 2.33. The van der Waals surface area contributed by atoms with Gasteiger partial charge in [0.25, 0.3) is 5.91 Å². The van der Waals surface area contributed by atoms with Crippen LogP contribution in [0.25, 0.3) is 0 Å². The van der Waals surface area contributed by atoms with E-state index < -0.39 is 0 Å². The number of fused-ring (bicyclic) bond motifs is 5. The van der Waals surface area contributed by atoms with Crippen LogP contribution in [0.4, 0.5) is 0 Å². The van der Waals surface area contributed by atoms with Crippen LogP contribution in [0.3, 0.4) is 0 Å². The summed E-state index contributed by atoms with van der Waals surface area (Å²) < 4.78 is 19.3. The fraction of sp³-hybridized carbons (Fsp3) is 0.345. The molecule has 4 bridgehead atoms. The van der Waals surface area contributed by atoms with E-state index in [2.05, 4.69) is 5.32 Å². The second kappa shape index (κ2) is 11.1. The fourth-order valence-corrected chi connectivity index (χ4v) is 4.88. The predicted octanol–water partition coefficient (Wildman–Crippen LogP) is 3.05. The maximum absolute atomic E-state index is 13.2. The number of carbonyl (C=O) groups is 2. The number of piperidine rings is 1. The highest BCUT2D eigenvalue weighted by Gasteiger charge is 2.34. The van der Waals surface area contributed by atoms with E-state index in [1.165, 1.54) is 10.6 Å². The summed E-state index contributed by atoms with van der Waals surface area (Å²) in [6.07, 6.45) is 2.64. The van der Waals surface area contributed by atoms with Crippen molar-refractivity contribution >= 4 is 11.8 Å². The number of hydrogen-bond donors (Lipinski definition) is 1. The molecule has 1 saturated heterocycles. The van der Waals surface area contributed by atoms with E-state index in [4.69, 9.17) is 14.2 Å². The molecule has 2 amide bonds. The first-order chi connectivity index (χ1) is 18.4. The van der Waals surface area contributed by atoms with E-state index in [1.807, 2.05) is 42.5 Å². The monoisotopic (exact) mass is 517 g/mol. The molecule has 2 atom stereocenters. The molecule has 3 aromatic rings. The smallest absolute Gasteiger partial charge is 0.255 e. The average molecular weight is 518 g/mol. The van der Waals surface area contributed by atoms with Crippen LogP contribution in [-0.2, 0) is 29.6 Å². The zero-order chi connectivity index (χ0) is 26.6. The van der Waals surface area contributed by atoms with Crippen LogP contribution in [0.2, 0.25) is 0 Å². The van der Waals surface area contributed by atoms with Crippen LogP contribution < -0.4 is 20.3 Å². The minimum absolute atomic E-state index is 0.117. The normalized spacial score (nSPS) is 19.7. The predicted molar refractivity (Wildman–Crippen MR) is 141 cm³/mol. The summed E-state index contributed by atoms with van der Waals surface area (Å²) >= 11 is 0. The third-order valence-electron chi connectivity index (χ3n) is 6.97. The van der Waals surface area contributed by atoms with E-state index in [9.17, 15) is 14.4 Å². The molecule has 2 aliphatic rings. The lowest BCUT2D eigenvalue weighted by atomic mass is 10.00. The number of methoxy groups -OCH3 is 1. The first-order valence-electron chi connectivity index (χ1n) is 12.7. The number of rotatable bonds is 2. The van der Waals surface area contributed by atoms with Crippen molar-refractivity contribution in [2.75, 3.05) is 20.2 Å². The van der Waals surface area contributed by atoms with E-state index in [1.54, 1.807) is 31.3 Å². The van der Waals surface area contributed by atoms with Gasteiger partial charge in [0.2, 0.25) is 11.5 Å². The number of likely N-dealkylation sites (tertiary alicyclic amines) is 1. The van der Waals surface area contributed by atoms with Crippen molar-refractivity contribution in [3.05, 3.63) is 87.8 Å². The fourth-order valence-electron chi connectivity index (χ4n) is 4.88. The van der Waals surface area contributed by atoms with Crippen molar-refractivity contribution in [3.8, 4) is 17.2 Å². The van der Waals surface area contributed by atoms with Crippen LogP contribution in [0, 0.1) is 0 Å². The summed E-state index contributed by atoms with van der Waals surface area (Å²) in [5.74, 6) is 1.56. The first-order valence-corrected chi connectivity index (χ1v) is 12.7. The molecule has 198 valence electrons. The Morgan fingerprint density at radius 2 is 1.92 bits per heavy atom. The Hall–Kier alpha value is -4.11. The van der Waals surface area contributed by atoms with Gasteiger partial charge in [0.05, 0.1) is 31.4 Å². The summed E-state index contributed by atoms with van der Waals surface area (Å²) in [6.45, 7) is 1.13. The van der Waals surface area contributed by atoms with E-state index in [0.717, 1.165) is 11.1 Å². The van der Waals surface area contributed by atoms with Crippen LogP contribution >= 0.6 is 0 Å². The Balaban J connectivity index is 1.39. The van der Waals surface area contributed by atoms with Crippen molar-refractivity contribution in [1.82, 2.24) is 14.8 Å². The zero-order valence-corrected chi connectivity index (χ0v) is 21.5.